The molecule has 0 aromatic carbocycles. The zero-order chi connectivity index (χ0) is 5.54. The Bertz CT molecular complexity index is 32.1. The molecule has 0 aromatic heterocycles. The van der Waals surface area contributed by atoms with Gasteiger partial charge in [-0.15, -0.1) is 22.4 Å². The lowest BCUT2D eigenvalue weighted by molar-refractivity contribution is 1.07. The largest absolute Gasteiger partial charge is 0.395 e. The first kappa shape index (κ1) is 7.82. The summed E-state index contributed by atoms with van der Waals surface area (Å²) in [6.45, 7) is 2.20. The number of halogens is 1. The maximum atomic E-state index is 3.24. The lowest BCUT2D eigenvalue weighted by Gasteiger charge is -1.90. The van der Waals surface area contributed by atoms with Gasteiger partial charge in [0, 0.05) is 0 Å². The van der Waals surface area contributed by atoms with Gasteiger partial charge in [-0.1, -0.05) is 19.7 Å². The Kier molecular flexibility index (Phi) is 7.62. The summed E-state index contributed by atoms with van der Waals surface area (Å²) in [6, 6.07) is 0. The van der Waals surface area contributed by atoms with Crippen molar-refractivity contribution in [3.8, 4) is 0 Å². The third-order valence-corrected chi connectivity index (χ3v) is 1.34. The summed E-state index contributed by atoms with van der Waals surface area (Å²) in [5, 5.41) is 4.32. The normalized spacial score (nSPS) is 8.29. The smallest absolute Gasteiger partial charge is 0.266 e. The SMILES string of the molecule is CCCBNBI. The molecule has 0 amide bonds. The Morgan fingerprint density at radius 2 is 2.43 bits per heavy atom. The summed E-state index contributed by atoms with van der Waals surface area (Å²) in [7, 11) is 1.18. The first-order chi connectivity index (χ1) is 3.41. The lowest BCUT2D eigenvalue weighted by Crippen LogP contribution is -2.18. The monoisotopic (exact) mass is 209 g/mol. The van der Waals surface area contributed by atoms with E-state index in [1.807, 2.05) is 0 Å². The summed E-state index contributed by atoms with van der Waals surface area (Å²) in [6.07, 6.45) is 2.60. The molecule has 0 bridgehead atoms. The van der Waals surface area contributed by atoms with Gasteiger partial charge in [0.05, 0.1) is 0 Å². The zero-order valence-corrected chi connectivity index (χ0v) is 6.86. The van der Waals surface area contributed by atoms with Crippen molar-refractivity contribution in [3.63, 3.8) is 0 Å². The molecular weight excluding hydrogens is 199 g/mol. The zero-order valence-electron chi connectivity index (χ0n) is 4.71. The van der Waals surface area contributed by atoms with E-state index in [9.17, 15) is 0 Å². The molecule has 0 aliphatic carbocycles. The molecule has 1 nitrogen and oxygen atoms in total. The second-order valence-corrected chi connectivity index (χ2v) is 2.25. The van der Waals surface area contributed by atoms with Crippen LogP contribution in [0.4, 0.5) is 0 Å². The van der Waals surface area contributed by atoms with Crippen LogP contribution in [0, 0.1) is 0 Å². The number of nitrogens with one attached hydrogen (secondary N) is 1. The van der Waals surface area contributed by atoms with E-state index in [1.165, 1.54) is 20.2 Å². The first-order valence-corrected chi connectivity index (χ1v) is 4.21. The number of hydrogen-bond acceptors (Lipinski definition) is 1. The second-order valence-electron chi connectivity index (χ2n) is 1.49. The van der Waals surface area contributed by atoms with Gasteiger partial charge in [0.15, 0.2) is 7.41 Å². The minimum Gasteiger partial charge on any atom is -0.395 e. The van der Waals surface area contributed by atoms with Crippen LogP contribution < -0.4 is 5.14 Å². The molecule has 0 unspecified atom stereocenters. The third-order valence-electron chi connectivity index (χ3n) is 0.802. The molecule has 0 fully saturated rings. The Hall–Kier alpha value is 0.820. The highest BCUT2D eigenvalue weighted by Crippen LogP contribution is 1.81. The van der Waals surface area contributed by atoms with Crippen molar-refractivity contribution < 1.29 is 0 Å². The minimum absolute atomic E-state index is 1.08. The van der Waals surface area contributed by atoms with Gasteiger partial charge in [-0.25, -0.2) is 0 Å². The fraction of sp³-hybridized carbons (Fsp3) is 1.00. The lowest BCUT2D eigenvalue weighted by atomic mass is 9.85. The Morgan fingerprint density at radius 3 is 2.86 bits per heavy atom. The van der Waals surface area contributed by atoms with Crippen LogP contribution in [0.25, 0.3) is 0 Å². The van der Waals surface area contributed by atoms with Crippen molar-refractivity contribution in [2.24, 2.45) is 0 Å². The van der Waals surface area contributed by atoms with Crippen molar-refractivity contribution in [2.45, 2.75) is 19.7 Å². The quantitative estimate of drug-likeness (QED) is 0.402. The summed E-state index contributed by atoms with van der Waals surface area (Å²) < 4.78 is 0. The standard InChI is InChI=1S/C3H10B2IN/c1-2-3-4-7-5-6/h4-5,7H,2-3H2,1H3. The van der Waals surface area contributed by atoms with E-state index in [2.05, 4.69) is 34.4 Å². The van der Waals surface area contributed by atoms with E-state index in [0.717, 1.165) is 5.27 Å². The Balaban J connectivity index is 2.45. The molecule has 0 radical (unpaired) electrons. The van der Waals surface area contributed by atoms with Crippen LogP contribution in [0.3, 0.4) is 0 Å². The molecule has 0 aliphatic rings. The summed E-state index contributed by atoms with van der Waals surface area (Å²) in [5.41, 5.74) is 0. The summed E-state index contributed by atoms with van der Waals surface area (Å²) in [5.74, 6) is 0. The highest BCUT2D eigenvalue weighted by Gasteiger charge is 1.83. The van der Waals surface area contributed by atoms with E-state index >= 15 is 0 Å². The summed E-state index contributed by atoms with van der Waals surface area (Å²) >= 11 is 2.32. The van der Waals surface area contributed by atoms with Crippen LogP contribution in [-0.2, 0) is 0 Å². The Morgan fingerprint density at radius 1 is 1.71 bits per heavy atom. The molecule has 0 saturated heterocycles. The summed E-state index contributed by atoms with van der Waals surface area (Å²) in [4.78, 5) is 0. The van der Waals surface area contributed by atoms with Crippen LogP contribution in [0.5, 0.6) is 0 Å². The molecular formula is C3H10B2IN. The van der Waals surface area contributed by atoms with Gasteiger partial charge in [0.25, 0.3) is 5.27 Å². The topological polar surface area (TPSA) is 12.0 Å². The van der Waals surface area contributed by atoms with Gasteiger partial charge in [-0.3, -0.25) is 0 Å². The van der Waals surface area contributed by atoms with E-state index in [-0.39, 0.29) is 0 Å². The van der Waals surface area contributed by atoms with E-state index in [1.54, 1.807) is 0 Å². The van der Waals surface area contributed by atoms with Crippen molar-refractivity contribution in [1.29, 1.82) is 0 Å². The molecule has 0 aliphatic heterocycles. The van der Waals surface area contributed by atoms with Crippen LogP contribution in [0.1, 0.15) is 13.3 Å². The predicted octanol–water partition coefficient (Wildman–Crippen LogP) is 0.457. The van der Waals surface area contributed by atoms with Gasteiger partial charge in [-0.05, 0) is 0 Å². The third kappa shape index (κ3) is 6.82. The molecule has 0 saturated carbocycles. The fourth-order valence-electron chi connectivity index (χ4n) is 0.369. The molecule has 0 spiro atoms. The molecule has 0 rings (SSSR count). The van der Waals surface area contributed by atoms with Crippen LogP contribution in [0.2, 0.25) is 6.32 Å². The molecule has 7 heavy (non-hydrogen) atoms. The van der Waals surface area contributed by atoms with Crippen molar-refractivity contribution in [2.75, 3.05) is 0 Å². The van der Waals surface area contributed by atoms with Gasteiger partial charge >= 0.3 is 0 Å². The molecule has 40 valence electrons. The van der Waals surface area contributed by atoms with Gasteiger partial charge in [0.1, 0.15) is 0 Å². The van der Waals surface area contributed by atoms with Gasteiger partial charge < -0.3 is 5.14 Å². The van der Waals surface area contributed by atoms with Gasteiger partial charge in [-0.2, -0.15) is 0 Å². The van der Waals surface area contributed by atoms with E-state index < -0.39 is 0 Å². The molecule has 1 N–H and O–H groups in total. The number of hydrogen-bond donors (Lipinski definition) is 1. The minimum atomic E-state index is 1.08. The maximum Gasteiger partial charge on any atom is 0.266 e. The van der Waals surface area contributed by atoms with Crippen molar-refractivity contribution >= 4 is 35.1 Å². The Labute approximate surface area is 60.0 Å². The number of rotatable bonds is 4. The highest BCUT2D eigenvalue weighted by molar-refractivity contribution is 14.1. The maximum absolute atomic E-state index is 3.24. The highest BCUT2D eigenvalue weighted by atomic mass is 127. The predicted molar refractivity (Wildman–Crippen MR) is 46.6 cm³/mol. The van der Waals surface area contributed by atoms with Gasteiger partial charge in [0.2, 0.25) is 0 Å². The average molecular weight is 209 g/mol. The molecule has 4 heteroatoms. The fourth-order valence-corrected chi connectivity index (χ4v) is 0.750. The molecule has 0 atom stereocenters. The van der Waals surface area contributed by atoms with Crippen molar-refractivity contribution in [3.05, 3.63) is 0 Å². The molecule has 0 heterocycles. The van der Waals surface area contributed by atoms with Crippen molar-refractivity contribution in [1.82, 2.24) is 5.14 Å². The van der Waals surface area contributed by atoms with E-state index in [0.29, 0.717) is 0 Å². The average Bonchev–Trinajstić information content (AvgIpc) is 1.69. The van der Waals surface area contributed by atoms with Crippen LogP contribution >= 0.6 is 22.4 Å². The second kappa shape index (κ2) is 6.82. The van der Waals surface area contributed by atoms with Crippen LogP contribution in [0.15, 0.2) is 0 Å². The van der Waals surface area contributed by atoms with Crippen LogP contribution in [-0.4, -0.2) is 12.7 Å². The first-order valence-electron chi connectivity index (χ1n) is 2.68. The molecule has 0 aromatic rings. The van der Waals surface area contributed by atoms with E-state index in [4.69, 9.17) is 0 Å².